The number of nitro groups is 1. The van der Waals surface area contributed by atoms with E-state index in [1.807, 2.05) is 13.0 Å². The molecule has 0 radical (unpaired) electrons. The molecule has 0 atom stereocenters. The zero-order chi connectivity index (χ0) is 22.5. The number of sulfonamides is 1. The third kappa shape index (κ3) is 5.54. The summed E-state index contributed by atoms with van der Waals surface area (Å²) in [6, 6.07) is 9.36. The van der Waals surface area contributed by atoms with Crippen molar-refractivity contribution in [3.05, 3.63) is 63.2 Å². The highest BCUT2D eigenvalue weighted by molar-refractivity contribution is 7.92. The van der Waals surface area contributed by atoms with E-state index < -0.39 is 27.4 Å². The summed E-state index contributed by atoms with van der Waals surface area (Å²) in [5.74, 6) is -0.570. The Morgan fingerprint density at radius 1 is 1.30 bits per heavy atom. The van der Waals surface area contributed by atoms with Gasteiger partial charge in [-0.2, -0.15) is 5.10 Å². The molecule has 0 spiro atoms. The molecule has 1 amide bonds. The fraction of sp³-hybridized carbons (Fsp3) is 0.263. The second kappa shape index (κ2) is 9.35. The molecule has 160 valence electrons. The first kappa shape index (κ1) is 22.8. The van der Waals surface area contributed by atoms with Crippen molar-refractivity contribution >= 4 is 33.5 Å². The van der Waals surface area contributed by atoms with E-state index in [4.69, 9.17) is 4.74 Å². The normalized spacial score (nSPS) is 11.3. The molecule has 0 unspecified atom stereocenters. The molecule has 0 aliphatic carbocycles. The first-order chi connectivity index (χ1) is 14.0. The van der Waals surface area contributed by atoms with Crippen LogP contribution < -0.4 is 14.5 Å². The lowest BCUT2D eigenvalue weighted by molar-refractivity contribution is -0.385. The van der Waals surface area contributed by atoms with Gasteiger partial charge in [0.25, 0.3) is 5.91 Å². The van der Waals surface area contributed by atoms with E-state index in [1.165, 1.54) is 31.5 Å². The molecule has 0 saturated heterocycles. The van der Waals surface area contributed by atoms with Crippen molar-refractivity contribution < 1.29 is 22.9 Å². The number of nitrogens with one attached hydrogen (secondary N) is 1. The van der Waals surface area contributed by atoms with Crippen LogP contribution in [-0.2, 0) is 14.8 Å². The first-order valence-electron chi connectivity index (χ1n) is 8.73. The van der Waals surface area contributed by atoms with Gasteiger partial charge in [-0.05, 0) is 43.2 Å². The predicted molar refractivity (Wildman–Crippen MR) is 113 cm³/mol. The van der Waals surface area contributed by atoms with Crippen molar-refractivity contribution in [2.24, 2.45) is 5.10 Å². The lowest BCUT2D eigenvalue weighted by Crippen LogP contribution is -2.39. The third-order valence-corrected chi connectivity index (χ3v) is 5.46. The van der Waals surface area contributed by atoms with Crippen molar-refractivity contribution in [1.82, 2.24) is 5.43 Å². The molecule has 30 heavy (non-hydrogen) atoms. The largest absolute Gasteiger partial charge is 0.490 e. The summed E-state index contributed by atoms with van der Waals surface area (Å²) < 4.78 is 30.4. The predicted octanol–water partition coefficient (Wildman–Crippen LogP) is 2.14. The molecule has 11 heteroatoms. The van der Waals surface area contributed by atoms with Crippen molar-refractivity contribution in [2.75, 3.05) is 24.2 Å². The molecule has 0 aliphatic rings. The molecule has 0 bridgehead atoms. The highest BCUT2D eigenvalue weighted by atomic mass is 32.2. The van der Waals surface area contributed by atoms with E-state index in [0.717, 1.165) is 21.7 Å². The molecule has 0 aliphatic heterocycles. The summed E-state index contributed by atoms with van der Waals surface area (Å²) in [5, 5.41) is 14.8. The quantitative estimate of drug-likeness (QED) is 0.385. The van der Waals surface area contributed by atoms with Gasteiger partial charge in [-0.1, -0.05) is 12.1 Å². The number of methoxy groups -OCH3 is 1. The van der Waals surface area contributed by atoms with Gasteiger partial charge in [0.2, 0.25) is 10.0 Å². The maximum atomic E-state index is 12.3. The summed E-state index contributed by atoms with van der Waals surface area (Å²) in [6.45, 7) is 3.15. The molecule has 2 aromatic rings. The van der Waals surface area contributed by atoms with Gasteiger partial charge in [0.15, 0.2) is 5.75 Å². The Bertz CT molecular complexity index is 1100. The highest BCUT2D eigenvalue weighted by Crippen LogP contribution is 2.27. The van der Waals surface area contributed by atoms with Crippen LogP contribution in [-0.4, -0.2) is 45.4 Å². The minimum Gasteiger partial charge on any atom is -0.490 e. The van der Waals surface area contributed by atoms with Gasteiger partial charge in [-0.25, -0.2) is 13.8 Å². The summed E-state index contributed by atoms with van der Waals surface area (Å²) in [7, 11) is -2.40. The lowest BCUT2D eigenvalue weighted by Gasteiger charge is -2.23. The van der Waals surface area contributed by atoms with Crippen LogP contribution in [0.4, 0.5) is 11.4 Å². The fourth-order valence-electron chi connectivity index (χ4n) is 2.66. The van der Waals surface area contributed by atoms with Crippen LogP contribution in [0.1, 0.15) is 16.7 Å². The van der Waals surface area contributed by atoms with Crippen LogP contribution in [0.5, 0.6) is 5.75 Å². The molecule has 2 rings (SSSR count). The number of carbonyl (C=O) groups excluding carboxylic acids is 1. The molecule has 0 saturated carbocycles. The summed E-state index contributed by atoms with van der Waals surface area (Å²) in [5.41, 5.74) is 4.39. The second-order valence-electron chi connectivity index (χ2n) is 6.47. The van der Waals surface area contributed by atoms with Crippen LogP contribution in [0, 0.1) is 24.0 Å². The van der Waals surface area contributed by atoms with E-state index in [2.05, 4.69) is 10.5 Å². The number of ether oxygens (including phenoxy) is 1. The first-order valence-corrected chi connectivity index (χ1v) is 10.6. The van der Waals surface area contributed by atoms with Crippen molar-refractivity contribution in [3.8, 4) is 5.75 Å². The molecular weight excluding hydrogens is 412 g/mol. The molecule has 0 fully saturated rings. The van der Waals surface area contributed by atoms with Crippen LogP contribution in [0.25, 0.3) is 0 Å². The maximum absolute atomic E-state index is 12.3. The number of hydrogen-bond donors (Lipinski definition) is 1. The number of carbonyl (C=O) groups is 1. The number of amides is 1. The Kier molecular flexibility index (Phi) is 7.11. The van der Waals surface area contributed by atoms with E-state index in [-0.39, 0.29) is 11.4 Å². The summed E-state index contributed by atoms with van der Waals surface area (Å²) in [4.78, 5) is 22.7. The number of anilines is 1. The van der Waals surface area contributed by atoms with Crippen molar-refractivity contribution in [3.63, 3.8) is 0 Å². The Morgan fingerprint density at radius 3 is 2.60 bits per heavy atom. The lowest BCUT2D eigenvalue weighted by atomic mass is 10.1. The van der Waals surface area contributed by atoms with E-state index in [9.17, 15) is 23.3 Å². The van der Waals surface area contributed by atoms with Gasteiger partial charge in [0.1, 0.15) is 6.54 Å². The van der Waals surface area contributed by atoms with Gasteiger partial charge in [0, 0.05) is 11.6 Å². The van der Waals surface area contributed by atoms with Crippen LogP contribution in [0.3, 0.4) is 0 Å². The van der Waals surface area contributed by atoms with Crippen LogP contribution in [0.2, 0.25) is 0 Å². The average Bonchev–Trinajstić information content (AvgIpc) is 2.67. The Labute approximate surface area is 174 Å². The summed E-state index contributed by atoms with van der Waals surface area (Å²) >= 11 is 0. The smallest absolute Gasteiger partial charge is 0.311 e. The molecule has 0 heterocycles. The van der Waals surface area contributed by atoms with Crippen LogP contribution >= 0.6 is 0 Å². The second-order valence-corrected chi connectivity index (χ2v) is 8.38. The SMILES string of the molecule is COc1ccc(C=NNC(=O)CN(c2cccc(C)c2C)S(C)(=O)=O)cc1[N+](=O)[O-]. The number of benzene rings is 2. The van der Waals surface area contributed by atoms with E-state index in [1.54, 1.807) is 19.1 Å². The topological polar surface area (TPSA) is 131 Å². The third-order valence-electron chi connectivity index (χ3n) is 4.33. The monoisotopic (exact) mass is 434 g/mol. The number of nitrogens with zero attached hydrogens (tertiary/aromatic N) is 3. The standard InChI is InChI=1S/C19H22N4O6S/c1-13-6-5-7-16(14(13)2)22(30(4,27)28)12-19(24)21-20-11-15-8-9-18(29-3)17(10-15)23(25)26/h5-11H,12H2,1-4H3,(H,21,24). The van der Waals surface area contributed by atoms with Crippen molar-refractivity contribution in [2.45, 2.75) is 13.8 Å². The molecule has 10 nitrogen and oxygen atoms in total. The Balaban J connectivity index is 2.16. The van der Waals surface area contributed by atoms with Gasteiger partial charge in [0.05, 0.1) is 30.2 Å². The highest BCUT2D eigenvalue weighted by Gasteiger charge is 2.22. The molecule has 0 aromatic heterocycles. The van der Waals surface area contributed by atoms with Gasteiger partial charge < -0.3 is 4.74 Å². The van der Waals surface area contributed by atoms with Gasteiger partial charge >= 0.3 is 5.69 Å². The average molecular weight is 434 g/mol. The van der Waals surface area contributed by atoms with Gasteiger partial charge in [-0.15, -0.1) is 0 Å². The molecular formula is C19H22N4O6S. The van der Waals surface area contributed by atoms with Gasteiger partial charge in [-0.3, -0.25) is 19.2 Å². The molecule has 2 aromatic carbocycles. The fourth-order valence-corrected chi connectivity index (χ4v) is 3.57. The zero-order valence-electron chi connectivity index (χ0n) is 16.9. The zero-order valence-corrected chi connectivity index (χ0v) is 17.8. The summed E-state index contributed by atoms with van der Waals surface area (Å²) in [6.07, 6.45) is 2.23. The number of aryl methyl sites for hydroxylation is 1. The minimum atomic E-state index is -3.72. The number of hydrazone groups is 1. The maximum Gasteiger partial charge on any atom is 0.311 e. The molecule has 1 N–H and O–H groups in total. The van der Waals surface area contributed by atoms with E-state index >= 15 is 0 Å². The number of rotatable bonds is 8. The van der Waals surface area contributed by atoms with Crippen molar-refractivity contribution in [1.29, 1.82) is 0 Å². The number of hydrogen-bond acceptors (Lipinski definition) is 7. The Hall–Kier alpha value is -3.47. The number of nitro benzene ring substituents is 1. The van der Waals surface area contributed by atoms with Crippen LogP contribution in [0.15, 0.2) is 41.5 Å². The Morgan fingerprint density at radius 2 is 2.00 bits per heavy atom. The minimum absolute atomic E-state index is 0.0958. The van der Waals surface area contributed by atoms with E-state index in [0.29, 0.717) is 11.3 Å².